The molecule has 0 saturated heterocycles. The van der Waals surface area contributed by atoms with Crippen LogP contribution in [0.25, 0.3) is 28.0 Å². The number of ether oxygens (including phenoxy) is 1. The Morgan fingerprint density at radius 1 is 1.06 bits per heavy atom. The molecule has 10 nitrogen and oxygen atoms in total. The van der Waals surface area contributed by atoms with Gasteiger partial charge in [-0.05, 0) is 24.3 Å². The standard InChI is InChI=1S/C23H16Cl2N8O2/c24-15-2-1-3-16(25)19(15)33-20(26)14-11-27-22(29-21(14)30-23(33)34)28-13-6-4-12(5-7-13)17-10-18-32(31-17)8-9-35-18/h1-7,10-11H,8-9,26H2,(H,28,29,30,34). The maximum atomic E-state index is 12.8. The summed E-state index contributed by atoms with van der Waals surface area (Å²) >= 11 is 12.5. The molecule has 4 heterocycles. The number of fused-ring (bicyclic) bond motifs is 2. The fourth-order valence-corrected chi connectivity index (χ4v) is 4.46. The van der Waals surface area contributed by atoms with E-state index < -0.39 is 5.69 Å². The molecule has 0 radical (unpaired) electrons. The molecule has 0 unspecified atom stereocenters. The maximum absolute atomic E-state index is 12.8. The van der Waals surface area contributed by atoms with Gasteiger partial charge in [0.05, 0.1) is 33.4 Å². The van der Waals surface area contributed by atoms with Gasteiger partial charge in [0.1, 0.15) is 12.4 Å². The van der Waals surface area contributed by atoms with Crippen molar-refractivity contribution >= 4 is 51.7 Å². The number of anilines is 3. The summed E-state index contributed by atoms with van der Waals surface area (Å²) in [4.78, 5) is 25.6. The number of nitrogens with one attached hydrogen (secondary N) is 1. The number of para-hydroxylation sites is 1. The van der Waals surface area contributed by atoms with Gasteiger partial charge >= 0.3 is 5.69 Å². The number of aromatic nitrogens is 6. The highest BCUT2D eigenvalue weighted by molar-refractivity contribution is 6.37. The van der Waals surface area contributed by atoms with E-state index in [1.54, 1.807) is 18.2 Å². The molecule has 6 rings (SSSR count). The van der Waals surface area contributed by atoms with Crippen molar-refractivity contribution in [1.29, 1.82) is 0 Å². The van der Waals surface area contributed by atoms with E-state index in [4.69, 9.17) is 33.7 Å². The molecule has 5 aromatic rings. The normalized spacial score (nSPS) is 12.5. The Balaban J connectivity index is 1.30. The van der Waals surface area contributed by atoms with Crippen LogP contribution in [-0.4, -0.2) is 35.9 Å². The summed E-state index contributed by atoms with van der Waals surface area (Å²) < 4.78 is 8.52. The second kappa shape index (κ2) is 8.26. The third kappa shape index (κ3) is 3.72. The Bertz CT molecular complexity index is 1620. The molecule has 0 spiro atoms. The highest BCUT2D eigenvalue weighted by atomic mass is 35.5. The third-order valence-corrected chi connectivity index (χ3v) is 6.18. The minimum Gasteiger partial charge on any atom is -0.476 e. The Labute approximate surface area is 207 Å². The minimum atomic E-state index is -0.657. The molecule has 0 atom stereocenters. The molecule has 0 saturated carbocycles. The van der Waals surface area contributed by atoms with Crippen molar-refractivity contribution in [2.75, 3.05) is 17.7 Å². The van der Waals surface area contributed by atoms with Crippen molar-refractivity contribution in [2.24, 2.45) is 0 Å². The second-order valence-electron chi connectivity index (χ2n) is 7.76. The average molecular weight is 507 g/mol. The van der Waals surface area contributed by atoms with Crippen LogP contribution in [0.1, 0.15) is 0 Å². The zero-order valence-corrected chi connectivity index (χ0v) is 19.5. The topological polar surface area (TPSA) is 126 Å². The number of hydrogen-bond donors (Lipinski definition) is 2. The number of nitrogens with zero attached hydrogens (tertiary/aromatic N) is 6. The van der Waals surface area contributed by atoms with Gasteiger partial charge in [-0.1, -0.05) is 41.4 Å². The maximum Gasteiger partial charge on any atom is 0.355 e. The number of rotatable bonds is 4. The Hall–Kier alpha value is -4.15. The first kappa shape index (κ1) is 21.4. The molecule has 1 aliphatic rings. The Morgan fingerprint density at radius 2 is 1.83 bits per heavy atom. The van der Waals surface area contributed by atoms with Crippen LogP contribution < -0.4 is 21.5 Å². The molecular weight excluding hydrogens is 491 g/mol. The summed E-state index contributed by atoms with van der Waals surface area (Å²) in [6, 6.07) is 14.4. The summed E-state index contributed by atoms with van der Waals surface area (Å²) in [6.07, 6.45) is 1.49. The summed E-state index contributed by atoms with van der Waals surface area (Å²) in [5.41, 5.74) is 8.56. The number of benzene rings is 2. The van der Waals surface area contributed by atoms with Crippen LogP contribution in [0.5, 0.6) is 5.88 Å². The highest BCUT2D eigenvalue weighted by Gasteiger charge is 2.18. The zero-order chi connectivity index (χ0) is 24.1. The van der Waals surface area contributed by atoms with Crippen LogP contribution in [-0.2, 0) is 6.54 Å². The summed E-state index contributed by atoms with van der Waals surface area (Å²) in [6.45, 7) is 1.41. The third-order valence-electron chi connectivity index (χ3n) is 5.57. The van der Waals surface area contributed by atoms with Crippen molar-refractivity contribution < 1.29 is 4.74 Å². The van der Waals surface area contributed by atoms with Crippen molar-refractivity contribution in [3.05, 3.63) is 75.3 Å². The lowest BCUT2D eigenvalue weighted by atomic mass is 10.1. The molecule has 1 aliphatic heterocycles. The largest absolute Gasteiger partial charge is 0.476 e. The number of halogens is 2. The Kier molecular flexibility index (Phi) is 5.05. The highest BCUT2D eigenvalue weighted by Crippen LogP contribution is 2.31. The molecule has 3 aromatic heterocycles. The van der Waals surface area contributed by atoms with Crippen LogP contribution in [0.2, 0.25) is 10.0 Å². The first-order valence-electron chi connectivity index (χ1n) is 10.6. The monoisotopic (exact) mass is 506 g/mol. The van der Waals surface area contributed by atoms with Crippen molar-refractivity contribution in [3.63, 3.8) is 0 Å². The van der Waals surface area contributed by atoms with Gasteiger partial charge in [0.15, 0.2) is 5.65 Å². The second-order valence-corrected chi connectivity index (χ2v) is 8.57. The summed E-state index contributed by atoms with van der Waals surface area (Å²) in [7, 11) is 0. The van der Waals surface area contributed by atoms with Gasteiger partial charge in [0.25, 0.3) is 0 Å². The molecule has 0 aliphatic carbocycles. The fourth-order valence-electron chi connectivity index (χ4n) is 3.89. The molecule has 0 fully saturated rings. The first-order chi connectivity index (χ1) is 17.0. The molecule has 0 amide bonds. The van der Waals surface area contributed by atoms with Gasteiger partial charge in [0, 0.05) is 23.5 Å². The number of nitrogen functional groups attached to an aromatic ring is 1. The molecule has 174 valence electrons. The van der Waals surface area contributed by atoms with E-state index in [0.717, 1.165) is 33.9 Å². The lowest BCUT2D eigenvalue weighted by Gasteiger charge is -2.14. The van der Waals surface area contributed by atoms with Gasteiger partial charge in [0.2, 0.25) is 11.8 Å². The summed E-state index contributed by atoms with van der Waals surface area (Å²) in [5.74, 6) is 1.12. The predicted octanol–water partition coefficient (Wildman–Crippen LogP) is 4.06. The SMILES string of the molecule is Nc1c2cnc(Nc3ccc(-c4cc5n(n4)CCO5)cc3)nc2nc(=O)n1-c1c(Cl)cccc1Cl. The van der Waals surface area contributed by atoms with Gasteiger partial charge in [-0.15, -0.1) is 0 Å². The molecule has 2 aromatic carbocycles. The van der Waals surface area contributed by atoms with E-state index in [0.29, 0.717) is 12.0 Å². The summed E-state index contributed by atoms with van der Waals surface area (Å²) in [5, 5.41) is 8.57. The molecule has 0 bridgehead atoms. The van der Waals surface area contributed by atoms with Crippen LogP contribution in [0.4, 0.5) is 17.5 Å². The fraction of sp³-hybridized carbons (Fsp3) is 0.0870. The van der Waals surface area contributed by atoms with Gasteiger partial charge in [-0.2, -0.15) is 15.1 Å². The number of nitrogens with two attached hydrogens (primary N) is 1. The van der Waals surface area contributed by atoms with Gasteiger partial charge in [-0.25, -0.2) is 19.0 Å². The van der Waals surface area contributed by atoms with Crippen molar-refractivity contribution in [3.8, 4) is 22.8 Å². The van der Waals surface area contributed by atoms with E-state index in [2.05, 4.69) is 25.4 Å². The molecule has 3 N–H and O–H groups in total. The van der Waals surface area contributed by atoms with Crippen LogP contribution in [0.15, 0.2) is 59.5 Å². The van der Waals surface area contributed by atoms with E-state index in [1.165, 1.54) is 6.20 Å². The van der Waals surface area contributed by atoms with Crippen LogP contribution in [0, 0.1) is 0 Å². The van der Waals surface area contributed by atoms with E-state index in [9.17, 15) is 4.79 Å². The average Bonchev–Trinajstić information content (AvgIpc) is 3.44. The van der Waals surface area contributed by atoms with Gasteiger partial charge in [-0.3, -0.25) is 0 Å². The number of hydrogen-bond acceptors (Lipinski definition) is 8. The van der Waals surface area contributed by atoms with E-state index in [-0.39, 0.29) is 33.1 Å². The zero-order valence-electron chi connectivity index (χ0n) is 17.9. The predicted molar refractivity (Wildman–Crippen MR) is 134 cm³/mol. The quantitative estimate of drug-likeness (QED) is 0.373. The molecular formula is C23H16Cl2N8O2. The van der Waals surface area contributed by atoms with Crippen molar-refractivity contribution in [2.45, 2.75) is 6.54 Å². The first-order valence-corrected chi connectivity index (χ1v) is 11.3. The van der Waals surface area contributed by atoms with Gasteiger partial charge < -0.3 is 15.8 Å². The van der Waals surface area contributed by atoms with E-state index in [1.807, 2.05) is 35.0 Å². The van der Waals surface area contributed by atoms with E-state index >= 15 is 0 Å². The minimum absolute atomic E-state index is 0.0850. The lowest BCUT2D eigenvalue weighted by Crippen LogP contribution is -2.25. The van der Waals surface area contributed by atoms with Crippen LogP contribution in [0.3, 0.4) is 0 Å². The molecule has 35 heavy (non-hydrogen) atoms. The van der Waals surface area contributed by atoms with Crippen LogP contribution >= 0.6 is 23.2 Å². The molecule has 12 heteroatoms. The smallest absolute Gasteiger partial charge is 0.355 e. The van der Waals surface area contributed by atoms with Crippen molar-refractivity contribution in [1.82, 2.24) is 29.3 Å². The lowest BCUT2D eigenvalue weighted by molar-refractivity contribution is 0.357. The Morgan fingerprint density at radius 3 is 2.57 bits per heavy atom.